The largest absolute Gasteiger partial charge is 0.325 e. The second-order valence-electron chi connectivity index (χ2n) is 6.11. The topological polar surface area (TPSA) is 113 Å². The molecule has 3 rings (SSSR count). The van der Waals surface area contributed by atoms with Crippen LogP contribution in [0.25, 0.3) is 0 Å². The lowest BCUT2D eigenvalue weighted by Gasteiger charge is -2.14. The minimum atomic E-state index is -4.10. The third-order valence-corrected chi connectivity index (χ3v) is 6.00. The third kappa shape index (κ3) is 3.54. The summed E-state index contributed by atoms with van der Waals surface area (Å²) in [6.07, 6.45) is 0. The lowest BCUT2D eigenvalue weighted by atomic mass is 10.1. The summed E-state index contributed by atoms with van der Waals surface area (Å²) in [5, 5.41) is 4.52. The minimum Gasteiger partial charge on any atom is -0.308 e. The van der Waals surface area contributed by atoms with E-state index in [0.717, 1.165) is 11.1 Å². The van der Waals surface area contributed by atoms with E-state index in [0.29, 0.717) is 9.99 Å². The van der Waals surface area contributed by atoms with Gasteiger partial charge in [0.1, 0.15) is 11.4 Å². The molecule has 1 aliphatic rings. The summed E-state index contributed by atoms with van der Waals surface area (Å²) < 4.78 is 25.3. The summed E-state index contributed by atoms with van der Waals surface area (Å²) in [4.78, 5) is 36.1. The van der Waals surface area contributed by atoms with Crippen LogP contribution in [0.1, 0.15) is 21.5 Å². The fourth-order valence-corrected chi connectivity index (χ4v) is 4.19. The number of carbonyl (C=O) groups excluding carboxylic acids is 3. The molecule has 1 aliphatic heterocycles. The molecule has 0 bridgehead atoms. The first-order valence-electron chi connectivity index (χ1n) is 8.04. The molecule has 0 aliphatic carbocycles. The number of fused-ring (bicyclic) bond motifs is 1. The summed E-state index contributed by atoms with van der Waals surface area (Å²) in [5.41, 5.74) is 2.51. The van der Waals surface area contributed by atoms with Crippen molar-refractivity contribution in [2.24, 2.45) is 0 Å². The Morgan fingerprint density at radius 2 is 1.74 bits per heavy atom. The highest BCUT2D eigenvalue weighted by atomic mass is 32.2. The number of sulfonamides is 1. The number of aryl methyl sites for hydroxylation is 2. The van der Waals surface area contributed by atoms with Gasteiger partial charge in [-0.25, -0.2) is 17.5 Å². The molecule has 0 saturated heterocycles. The van der Waals surface area contributed by atoms with E-state index in [2.05, 4.69) is 5.32 Å². The van der Waals surface area contributed by atoms with Crippen molar-refractivity contribution in [2.45, 2.75) is 18.7 Å². The molecule has 0 spiro atoms. The summed E-state index contributed by atoms with van der Waals surface area (Å²) in [7, 11) is -4.10. The average Bonchev–Trinajstić information content (AvgIpc) is 2.79. The predicted octanol–water partition coefficient (Wildman–Crippen LogP) is 1.80. The number of nitrogens with zero attached hydrogens (tertiary/aromatic N) is 1. The number of urea groups is 1. The molecule has 0 fully saturated rings. The van der Waals surface area contributed by atoms with E-state index in [1.807, 2.05) is 25.2 Å². The summed E-state index contributed by atoms with van der Waals surface area (Å²) in [5.74, 6) is -1.71. The zero-order valence-corrected chi connectivity index (χ0v) is 15.5. The van der Waals surface area contributed by atoms with Crippen molar-refractivity contribution in [3.63, 3.8) is 0 Å². The van der Waals surface area contributed by atoms with Crippen molar-refractivity contribution in [1.29, 1.82) is 0 Å². The van der Waals surface area contributed by atoms with Gasteiger partial charge in [-0.05, 0) is 49.2 Å². The molecular weight excluding hydrogens is 370 g/mol. The van der Waals surface area contributed by atoms with Crippen LogP contribution in [0.5, 0.6) is 0 Å². The quantitative estimate of drug-likeness (QED) is 0.834. The number of benzene rings is 2. The van der Waals surface area contributed by atoms with E-state index in [9.17, 15) is 22.8 Å². The lowest BCUT2D eigenvalue weighted by molar-refractivity contribution is -0.119. The van der Waals surface area contributed by atoms with Crippen LogP contribution < -0.4 is 10.6 Å². The van der Waals surface area contributed by atoms with E-state index >= 15 is 0 Å². The Hall–Kier alpha value is -3.20. The van der Waals surface area contributed by atoms with Crippen LogP contribution in [-0.4, -0.2) is 37.1 Å². The molecule has 0 saturated carbocycles. The highest BCUT2D eigenvalue weighted by Gasteiger charge is 2.41. The molecule has 9 heteroatoms. The monoisotopic (exact) mass is 387 g/mol. The summed E-state index contributed by atoms with van der Waals surface area (Å²) >= 11 is 0. The van der Waals surface area contributed by atoms with Crippen molar-refractivity contribution in [2.75, 3.05) is 11.9 Å². The highest BCUT2D eigenvalue weighted by molar-refractivity contribution is 7.90. The molecule has 4 amide bonds. The fourth-order valence-electron chi connectivity index (χ4n) is 2.67. The third-order valence-electron chi connectivity index (χ3n) is 4.22. The van der Waals surface area contributed by atoms with E-state index in [1.165, 1.54) is 24.3 Å². The maximum Gasteiger partial charge on any atom is 0.325 e. The Bertz CT molecular complexity index is 1060. The van der Waals surface area contributed by atoms with Gasteiger partial charge in [0.2, 0.25) is 5.91 Å². The van der Waals surface area contributed by atoms with Gasteiger partial charge in [0.05, 0.1) is 5.56 Å². The molecule has 0 atom stereocenters. The molecule has 0 radical (unpaired) electrons. The van der Waals surface area contributed by atoms with Crippen LogP contribution in [0, 0.1) is 13.8 Å². The highest BCUT2D eigenvalue weighted by Crippen LogP contribution is 2.29. The van der Waals surface area contributed by atoms with Crippen LogP contribution in [0.4, 0.5) is 10.5 Å². The van der Waals surface area contributed by atoms with Crippen molar-refractivity contribution in [1.82, 2.24) is 9.62 Å². The Morgan fingerprint density at radius 1 is 1.04 bits per heavy atom. The first kappa shape index (κ1) is 18.6. The molecule has 2 aromatic rings. The molecule has 2 N–H and O–H groups in total. The van der Waals surface area contributed by atoms with Gasteiger partial charge in [0, 0.05) is 5.69 Å². The zero-order chi connectivity index (χ0) is 19.8. The SMILES string of the molecule is Cc1ccc(NC(=O)NC(=O)CN2C(=O)c3ccccc3S2(=O)=O)cc1C. The van der Waals surface area contributed by atoms with Crippen LogP contribution >= 0.6 is 0 Å². The van der Waals surface area contributed by atoms with E-state index in [4.69, 9.17) is 0 Å². The molecule has 27 heavy (non-hydrogen) atoms. The molecular formula is C18H17N3O5S. The number of imide groups is 1. The van der Waals surface area contributed by atoms with E-state index in [1.54, 1.807) is 12.1 Å². The van der Waals surface area contributed by atoms with Gasteiger partial charge in [-0.1, -0.05) is 18.2 Å². The summed E-state index contributed by atoms with van der Waals surface area (Å²) in [6.45, 7) is 3.02. The second kappa shape index (κ2) is 6.84. The van der Waals surface area contributed by atoms with E-state index < -0.39 is 34.4 Å². The Morgan fingerprint density at radius 3 is 2.41 bits per heavy atom. The Kier molecular flexibility index (Phi) is 4.71. The van der Waals surface area contributed by atoms with Crippen molar-refractivity contribution in [3.8, 4) is 0 Å². The van der Waals surface area contributed by atoms with E-state index in [-0.39, 0.29) is 10.5 Å². The number of amides is 4. The number of anilines is 1. The van der Waals surface area contributed by atoms with Crippen molar-refractivity contribution >= 4 is 33.6 Å². The van der Waals surface area contributed by atoms with Crippen molar-refractivity contribution < 1.29 is 22.8 Å². The van der Waals surface area contributed by atoms with Gasteiger partial charge in [-0.3, -0.25) is 14.9 Å². The number of nitrogens with one attached hydrogen (secondary N) is 2. The summed E-state index contributed by atoms with van der Waals surface area (Å²) in [6, 6.07) is 10.1. The standard InChI is InChI=1S/C18H17N3O5S/c1-11-7-8-13(9-12(11)2)19-18(24)20-16(22)10-21-17(23)14-5-3-4-6-15(14)27(21,25)26/h3-9H,10H2,1-2H3,(H2,19,20,22,24). The number of hydrogen-bond donors (Lipinski definition) is 2. The average molecular weight is 387 g/mol. The van der Waals surface area contributed by atoms with Crippen molar-refractivity contribution in [3.05, 3.63) is 59.2 Å². The van der Waals surface area contributed by atoms with Gasteiger partial charge in [-0.2, -0.15) is 0 Å². The van der Waals surface area contributed by atoms with Gasteiger partial charge in [0.15, 0.2) is 0 Å². The molecule has 0 aromatic heterocycles. The predicted molar refractivity (Wildman–Crippen MR) is 97.7 cm³/mol. The van der Waals surface area contributed by atoms with Crippen LogP contribution in [-0.2, 0) is 14.8 Å². The smallest absolute Gasteiger partial charge is 0.308 e. The molecule has 8 nitrogen and oxygen atoms in total. The van der Waals surface area contributed by atoms with Crippen LogP contribution in [0.15, 0.2) is 47.4 Å². The first-order valence-corrected chi connectivity index (χ1v) is 9.48. The lowest BCUT2D eigenvalue weighted by Crippen LogP contribution is -2.43. The van der Waals surface area contributed by atoms with Gasteiger partial charge >= 0.3 is 6.03 Å². The zero-order valence-electron chi connectivity index (χ0n) is 14.6. The molecule has 0 unspecified atom stereocenters. The second-order valence-corrected chi connectivity index (χ2v) is 7.95. The maximum atomic E-state index is 12.4. The first-order chi connectivity index (χ1) is 12.7. The van der Waals surface area contributed by atoms with Gasteiger partial charge in [-0.15, -0.1) is 0 Å². The fraction of sp³-hybridized carbons (Fsp3) is 0.167. The normalized spacial score (nSPS) is 14.6. The maximum absolute atomic E-state index is 12.4. The van der Waals surface area contributed by atoms with Crippen LogP contribution in [0.2, 0.25) is 0 Å². The minimum absolute atomic E-state index is 0.00452. The number of hydrogen-bond acceptors (Lipinski definition) is 5. The number of carbonyl (C=O) groups is 3. The Labute approximate surface area is 156 Å². The molecule has 1 heterocycles. The van der Waals surface area contributed by atoms with Gasteiger partial charge < -0.3 is 5.32 Å². The molecule has 140 valence electrons. The molecule has 2 aromatic carbocycles. The van der Waals surface area contributed by atoms with Gasteiger partial charge in [0.25, 0.3) is 15.9 Å². The number of rotatable bonds is 3. The van der Waals surface area contributed by atoms with Crippen LogP contribution in [0.3, 0.4) is 0 Å². The Balaban J connectivity index is 1.67.